The maximum absolute atomic E-state index is 6.84. The van der Waals surface area contributed by atoms with Gasteiger partial charge in [0.25, 0.3) is 0 Å². The molecule has 5 heteroatoms. The first-order valence-electron chi connectivity index (χ1n) is 11.6. The molecule has 0 amide bonds. The maximum Gasteiger partial charge on any atom is 0.165 e. The first kappa shape index (κ1) is 23.8. The third kappa shape index (κ3) is 4.54. The summed E-state index contributed by atoms with van der Waals surface area (Å²) in [4.78, 5) is 0. The second-order valence-corrected chi connectivity index (χ2v) is 9.97. The molecule has 2 aliphatic rings. The third-order valence-electron chi connectivity index (χ3n) is 7.19. The second kappa shape index (κ2) is 9.49. The highest BCUT2D eigenvalue weighted by atomic mass is 16.7. The minimum absolute atomic E-state index is 0.0788. The number of ether oxygens (including phenoxy) is 5. The number of hydrogen-bond acceptors (Lipinski definition) is 5. The average Bonchev–Trinajstić information content (AvgIpc) is 2.78. The van der Waals surface area contributed by atoms with Gasteiger partial charge in [0.15, 0.2) is 11.5 Å². The maximum atomic E-state index is 6.84. The van der Waals surface area contributed by atoms with Crippen LogP contribution in [0.3, 0.4) is 0 Å². The molecule has 1 saturated carbocycles. The van der Waals surface area contributed by atoms with Gasteiger partial charge in [-0.1, -0.05) is 50.3 Å². The van der Waals surface area contributed by atoms with Crippen molar-refractivity contribution in [2.45, 2.75) is 51.9 Å². The SMILES string of the molecule is COCO[C@@H]1/C(=C/c2ccccc2)C[C@@]2(C)Oc3c(cc(COC)cc3OC)C[C@@H]2C1(C)C. The number of hydrogen-bond donors (Lipinski definition) is 0. The minimum Gasteiger partial charge on any atom is -0.493 e. The molecule has 178 valence electrons. The monoisotopic (exact) mass is 452 g/mol. The van der Waals surface area contributed by atoms with Crippen molar-refractivity contribution in [1.29, 1.82) is 0 Å². The molecule has 5 nitrogen and oxygen atoms in total. The predicted molar refractivity (Wildman–Crippen MR) is 130 cm³/mol. The lowest BCUT2D eigenvalue weighted by molar-refractivity contribution is -0.161. The van der Waals surface area contributed by atoms with Gasteiger partial charge in [0.05, 0.1) is 19.8 Å². The number of benzene rings is 2. The molecule has 0 bridgehead atoms. The predicted octanol–water partition coefficient (Wildman–Crippen LogP) is 5.65. The van der Waals surface area contributed by atoms with Crippen LogP contribution in [0, 0.1) is 11.3 Å². The van der Waals surface area contributed by atoms with Gasteiger partial charge in [0.2, 0.25) is 0 Å². The molecule has 0 radical (unpaired) electrons. The summed E-state index contributed by atoms with van der Waals surface area (Å²) in [7, 11) is 5.08. The molecule has 3 atom stereocenters. The molecule has 0 aromatic heterocycles. The van der Waals surface area contributed by atoms with E-state index in [0.717, 1.165) is 41.0 Å². The standard InChI is InChI=1S/C28H36O5/c1-27(2)24-15-21-13-20(17-29-4)14-23(31-6)25(21)33-28(24,3)16-22(26(27)32-18-30-5)12-19-10-8-7-9-11-19/h7-14,24,26H,15-18H2,1-6H3/b22-12+/t24-,26-,28-/m1/s1. The van der Waals surface area contributed by atoms with Crippen LogP contribution >= 0.6 is 0 Å². The fourth-order valence-electron chi connectivity index (χ4n) is 5.85. The molecule has 1 heterocycles. The molecule has 1 fully saturated rings. The van der Waals surface area contributed by atoms with E-state index >= 15 is 0 Å². The summed E-state index contributed by atoms with van der Waals surface area (Å²) in [5, 5.41) is 0. The van der Waals surface area contributed by atoms with Crippen molar-refractivity contribution in [3.05, 3.63) is 64.7 Å². The van der Waals surface area contributed by atoms with Crippen molar-refractivity contribution >= 4 is 6.08 Å². The van der Waals surface area contributed by atoms with E-state index in [-0.39, 0.29) is 29.8 Å². The van der Waals surface area contributed by atoms with Crippen molar-refractivity contribution in [3.8, 4) is 11.5 Å². The zero-order valence-corrected chi connectivity index (χ0v) is 20.6. The van der Waals surface area contributed by atoms with Gasteiger partial charge in [-0.15, -0.1) is 0 Å². The van der Waals surface area contributed by atoms with E-state index in [1.165, 1.54) is 5.57 Å². The molecular formula is C28H36O5. The quantitative estimate of drug-likeness (QED) is 0.508. The summed E-state index contributed by atoms with van der Waals surface area (Å²) in [6, 6.07) is 14.6. The third-order valence-corrected chi connectivity index (χ3v) is 7.19. The lowest BCUT2D eigenvalue weighted by atomic mass is 9.56. The summed E-state index contributed by atoms with van der Waals surface area (Å²) in [5.41, 5.74) is 4.06. The minimum atomic E-state index is -0.389. The molecule has 1 aliphatic heterocycles. The van der Waals surface area contributed by atoms with Crippen molar-refractivity contribution in [3.63, 3.8) is 0 Å². The lowest BCUT2D eigenvalue weighted by Crippen LogP contribution is -2.60. The van der Waals surface area contributed by atoms with E-state index in [9.17, 15) is 0 Å². The Balaban J connectivity index is 1.79. The summed E-state index contributed by atoms with van der Waals surface area (Å²) >= 11 is 0. The van der Waals surface area contributed by atoms with E-state index in [1.54, 1.807) is 21.3 Å². The normalized spacial score (nSPS) is 26.9. The molecule has 2 aromatic rings. The number of fused-ring (bicyclic) bond motifs is 2. The van der Waals surface area contributed by atoms with Crippen LogP contribution in [0.5, 0.6) is 11.5 Å². The van der Waals surface area contributed by atoms with Crippen LogP contribution < -0.4 is 9.47 Å². The summed E-state index contributed by atoms with van der Waals surface area (Å²) in [5.74, 6) is 1.86. The Kier molecular flexibility index (Phi) is 6.85. The molecule has 0 unspecified atom stereocenters. The average molecular weight is 453 g/mol. The Morgan fingerprint density at radius 1 is 1.03 bits per heavy atom. The van der Waals surface area contributed by atoms with Gasteiger partial charge in [-0.2, -0.15) is 0 Å². The van der Waals surface area contributed by atoms with E-state index in [2.05, 4.69) is 57.2 Å². The summed E-state index contributed by atoms with van der Waals surface area (Å²) < 4.78 is 29.6. The Labute approximate surface area is 197 Å². The van der Waals surface area contributed by atoms with Crippen molar-refractivity contribution < 1.29 is 23.7 Å². The molecule has 0 N–H and O–H groups in total. The van der Waals surface area contributed by atoms with E-state index in [0.29, 0.717) is 6.61 Å². The smallest absolute Gasteiger partial charge is 0.165 e. The first-order chi connectivity index (χ1) is 15.8. The Morgan fingerprint density at radius 2 is 1.79 bits per heavy atom. The Morgan fingerprint density at radius 3 is 2.45 bits per heavy atom. The van der Waals surface area contributed by atoms with Gasteiger partial charge in [0, 0.05) is 32.0 Å². The molecule has 1 aliphatic carbocycles. The van der Waals surface area contributed by atoms with Crippen molar-refractivity contribution in [2.75, 3.05) is 28.1 Å². The van der Waals surface area contributed by atoms with Crippen LogP contribution in [0.1, 0.15) is 43.9 Å². The highest BCUT2D eigenvalue weighted by Gasteiger charge is 2.57. The van der Waals surface area contributed by atoms with Gasteiger partial charge in [-0.25, -0.2) is 0 Å². The highest BCUT2D eigenvalue weighted by Crippen LogP contribution is 2.57. The molecule has 33 heavy (non-hydrogen) atoms. The van der Waals surface area contributed by atoms with Crippen LogP contribution in [-0.4, -0.2) is 39.8 Å². The van der Waals surface area contributed by atoms with E-state index < -0.39 is 0 Å². The van der Waals surface area contributed by atoms with Crippen LogP contribution in [0.15, 0.2) is 48.0 Å². The zero-order chi connectivity index (χ0) is 23.6. The van der Waals surface area contributed by atoms with Crippen LogP contribution in [-0.2, 0) is 27.2 Å². The fourth-order valence-corrected chi connectivity index (χ4v) is 5.85. The Bertz CT molecular complexity index is 997. The number of rotatable bonds is 7. The van der Waals surface area contributed by atoms with Crippen LogP contribution in [0.25, 0.3) is 6.08 Å². The molecular weight excluding hydrogens is 416 g/mol. The van der Waals surface area contributed by atoms with Gasteiger partial charge >= 0.3 is 0 Å². The highest BCUT2D eigenvalue weighted by molar-refractivity contribution is 5.57. The molecule has 2 aromatic carbocycles. The summed E-state index contributed by atoms with van der Waals surface area (Å²) in [6.45, 7) is 7.61. The fraction of sp³-hybridized carbons (Fsp3) is 0.500. The van der Waals surface area contributed by atoms with E-state index in [4.69, 9.17) is 23.7 Å². The zero-order valence-electron chi connectivity index (χ0n) is 20.6. The van der Waals surface area contributed by atoms with E-state index in [1.807, 2.05) is 12.1 Å². The van der Waals surface area contributed by atoms with Crippen LogP contribution in [0.4, 0.5) is 0 Å². The molecule has 0 spiro atoms. The Hall–Kier alpha value is -2.34. The van der Waals surface area contributed by atoms with Gasteiger partial charge in [-0.05, 0) is 47.7 Å². The van der Waals surface area contributed by atoms with Gasteiger partial charge in [0.1, 0.15) is 12.4 Å². The molecule has 4 rings (SSSR count). The largest absolute Gasteiger partial charge is 0.493 e. The van der Waals surface area contributed by atoms with Gasteiger partial charge < -0.3 is 23.7 Å². The first-order valence-corrected chi connectivity index (χ1v) is 11.6. The van der Waals surface area contributed by atoms with Crippen LogP contribution in [0.2, 0.25) is 0 Å². The second-order valence-electron chi connectivity index (χ2n) is 9.97. The summed E-state index contributed by atoms with van der Waals surface area (Å²) in [6.07, 6.45) is 3.83. The number of methoxy groups -OCH3 is 3. The molecule has 0 saturated heterocycles. The lowest BCUT2D eigenvalue weighted by Gasteiger charge is -2.57. The van der Waals surface area contributed by atoms with Crippen molar-refractivity contribution in [1.82, 2.24) is 0 Å². The van der Waals surface area contributed by atoms with Crippen molar-refractivity contribution in [2.24, 2.45) is 11.3 Å². The van der Waals surface area contributed by atoms with Gasteiger partial charge in [-0.3, -0.25) is 0 Å². The topological polar surface area (TPSA) is 46.2 Å².